The minimum Gasteiger partial charge on any atom is -0.481 e. The molecule has 0 amide bonds. The number of hydrogen-bond donors (Lipinski definition) is 1. The lowest BCUT2D eigenvalue weighted by atomic mass is 10.1. The van der Waals surface area contributed by atoms with Crippen LogP contribution in [0.2, 0.25) is 0 Å². The van der Waals surface area contributed by atoms with E-state index in [4.69, 9.17) is 15.9 Å². The topological polar surface area (TPSA) is 30.5 Å². The molecule has 1 N–H and O–H groups in total. The van der Waals surface area contributed by atoms with Crippen molar-refractivity contribution in [3.8, 4) is 18.1 Å². The van der Waals surface area contributed by atoms with Crippen molar-refractivity contribution in [3.63, 3.8) is 0 Å². The van der Waals surface area contributed by atoms with Crippen LogP contribution in [-0.4, -0.2) is 26.4 Å². The van der Waals surface area contributed by atoms with E-state index < -0.39 is 0 Å². The van der Waals surface area contributed by atoms with E-state index in [0.717, 1.165) is 35.2 Å². The van der Waals surface area contributed by atoms with Gasteiger partial charge in [-0.15, -0.1) is 6.42 Å². The summed E-state index contributed by atoms with van der Waals surface area (Å²) in [4.78, 5) is 0. The molecule has 110 valence electrons. The average molecular weight is 340 g/mol. The van der Waals surface area contributed by atoms with Crippen LogP contribution in [0, 0.1) is 12.3 Å². The molecule has 1 rings (SSSR count). The number of ether oxygens (including phenoxy) is 2. The third kappa shape index (κ3) is 5.96. The molecule has 0 aliphatic carbocycles. The zero-order valence-electron chi connectivity index (χ0n) is 12.1. The monoisotopic (exact) mass is 339 g/mol. The second kappa shape index (κ2) is 9.82. The van der Waals surface area contributed by atoms with Crippen LogP contribution < -0.4 is 10.1 Å². The van der Waals surface area contributed by atoms with Gasteiger partial charge in [0.05, 0.1) is 6.61 Å². The number of rotatable bonds is 9. The van der Waals surface area contributed by atoms with Crippen LogP contribution in [0.3, 0.4) is 0 Å². The van der Waals surface area contributed by atoms with E-state index in [2.05, 4.69) is 40.2 Å². The van der Waals surface area contributed by atoms with E-state index >= 15 is 0 Å². The molecule has 3 nitrogen and oxygen atoms in total. The van der Waals surface area contributed by atoms with Gasteiger partial charge in [0, 0.05) is 29.7 Å². The fourth-order valence-electron chi connectivity index (χ4n) is 1.99. The number of nitrogens with one attached hydrogen (secondary N) is 1. The molecule has 1 unspecified atom stereocenters. The molecule has 1 aromatic rings. The average Bonchev–Trinajstić information content (AvgIpc) is 2.44. The number of terminal acetylenes is 1. The number of halogens is 1. The highest BCUT2D eigenvalue weighted by atomic mass is 79.9. The highest BCUT2D eigenvalue weighted by Gasteiger charge is 2.09. The first-order chi connectivity index (χ1) is 9.71. The van der Waals surface area contributed by atoms with Gasteiger partial charge in [0.25, 0.3) is 0 Å². The second-order valence-corrected chi connectivity index (χ2v) is 5.48. The summed E-state index contributed by atoms with van der Waals surface area (Å²) in [6.07, 6.45) is 7.45. The van der Waals surface area contributed by atoms with Gasteiger partial charge in [0.1, 0.15) is 12.4 Å². The lowest BCUT2D eigenvalue weighted by Gasteiger charge is -2.18. The lowest BCUT2D eigenvalue weighted by Crippen LogP contribution is -2.32. The molecule has 4 heteroatoms. The highest BCUT2D eigenvalue weighted by Crippen LogP contribution is 2.23. The zero-order chi connectivity index (χ0) is 14.8. The quantitative estimate of drug-likeness (QED) is 0.699. The summed E-state index contributed by atoms with van der Waals surface area (Å²) in [6.45, 7) is 3.89. The van der Waals surface area contributed by atoms with Crippen molar-refractivity contribution in [1.82, 2.24) is 5.32 Å². The van der Waals surface area contributed by atoms with Gasteiger partial charge in [-0.2, -0.15) is 0 Å². The normalized spacial score (nSPS) is 11.9. The zero-order valence-corrected chi connectivity index (χ0v) is 13.7. The van der Waals surface area contributed by atoms with Crippen LogP contribution in [0.5, 0.6) is 5.75 Å². The lowest BCUT2D eigenvalue weighted by molar-refractivity contribution is 0.161. The van der Waals surface area contributed by atoms with E-state index in [1.807, 2.05) is 12.1 Å². The van der Waals surface area contributed by atoms with Gasteiger partial charge >= 0.3 is 0 Å². The number of benzene rings is 1. The van der Waals surface area contributed by atoms with Crippen molar-refractivity contribution in [2.75, 3.05) is 20.3 Å². The molecule has 1 atom stereocenters. The van der Waals surface area contributed by atoms with E-state index in [-0.39, 0.29) is 6.61 Å². The van der Waals surface area contributed by atoms with Crippen molar-refractivity contribution in [3.05, 3.63) is 28.2 Å². The summed E-state index contributed by atoms with van der Waals surface area (Å²) in [7, 11) is 1.73. The second-order valence-electron chi connectivity index (χ2n) is 4.57. The molecule has 0 spiro atoms. The first-order valence-corrected chi connectivity index (χ1v) is 7.57. The molecule has 0 saturated carbocycles. The summed E-state index contributed by atoms with van der Waals surface area (Å²) >= 11 is 3.48. The molecule has 0 bridgehead atoms. The van der Waals surface area contributed by atoms with Crippen molar-refractivity contribution in [2.24, 2.45) is 0 Å². The Bertz CT molecular complexity index is 437. The van der Waals surface area contributed by atoms with Gasteiger partial charge in [-0.1, -0.05) is 35.2 Å². The minimum atomic E-state index is 0.283. The molecule has 0 heterocycles. The van der Waals surface area contributed by atoms with Gasteiger partial charge in [-0.3, -0.25) is 0 Å². The first-order valence-electron chi connectivity index (χ1n) is 6.78. The summed E-state index contributed by atoms with van der Waals surface area (Å²) in [5, 5.41) is 3.50. The maximum atomic E-state index is 5.57. The molecule has 20 heavy (non-hydrogen) atoms. The van der Waals surface area contributed by atoms with Crippen molar-refractivity contribution in [1.29, 1.82) is 0 Å². The Hall–Kier alpha value is -1.02. The Labute approximate surface area is 130 Å². The van der Waals surface area contributed by atoms with Gasteiger partial charge in [-0.05, 0) is 24.6 Å². The molecule has 1 aromatic carbocycles. The third-order valence-electron chi connectivity index (χ3n) is 2.92. The molecule has 0 fully saturated rings. The molecule has 0 saturated heterocycles. The maximum absolute atomic E-state index is 5.57. The summed E-state index contributed by atoms with van der Waals surface area (Å²) in [6, 6.07) is 6.29. The number of methoxy groups -OCH3 is 1. The fourth-order valence-corrected chi connectivity index (χ4v) is 2.40. The summed E-state index contributed by atoms with van der Waals surface area (Å²) in [5.74, 6) is 3.31. The third-order valence-corrected chi connectivity index (χ3v) is 3.41. The van der Waals surface area contributed by atoms with Gasteiger partial charge in [-0.25, -0.2) is 0 Å². The van der Waals surface area contributed by atoms with E-state index in [1.165, 1.54) is 0 Å². The first kappa shape index (κ1) is 17.0. The predicted molar refractivity (Wildman–Crippen MR) is 85.9 cm³/mol. The van der Waals surface area contributed by atoms with Crippen LogP contribution in [-0.2, 0) is 11.3 Å². The van der Waals surface area contributed by atoms with Crippen LogP contribution in [0.15, 0.2) is 22.7 Å². The standard InChI is InChI=1S/C16H22BrNO2/c1-4-6-15(12-19-3)18-11-13-10-14(17)7-8-16(13)20-9-5-2/h2,7-8,10,15,18H,4,6,9,11-12H2,1,3H3. The Morgan fingerprint density at radius 1 is 1.45 bits per heavy atom. The van der Waals surface area contributed by atoms with Gasteiger partial charge < -0.3 is 14.8 Å². The van der Waals surface area contributed by atoms with E-state index in [9.17, 15) is 0 Å². The van der Waals surface area contributed by atoms with Crippen molar-refractivity contribution in [2.45, 2.75) is 32.4 Å². The van der Waals surface area contributed by atoms with Crippen LogP contribution in [0.25, 0.3) is 0 Å². The van der Waals surface area contributed by atoms with E-state index in [1.54, 1.807) is 7.11 Å². The molecule has 0 radical (unpaired) electrons. The molecular weight excluding hydrogens is 318 g/mol. The van der Waals surface area contributed by atoms with Crippen molar-refractivity contribution >= 4 is 15.9 Å². The van der Waals surface area contributed by atoms with Gasteiger partial charge in [0.2, 0.25) is 0 Å². The Morgan fingerprint density at radius 2 is 2.25 bits per heavy atom. The molecular formula is C16H22BrNO2. The minimum absolute atomic E-state index is 0.283. The molecule has 0 aliphatic heterocycles. The van der Waals surface area contributed by atoms with Crippen LogP contribution >= 0.6 is 15.9 Å². The maximum Gasteiger partial charge on any atom is 0.148 e. The molecule has 0 aromatic heterocycles. The number of hydrogen-bond acceptors (Lipinski definition) is 3. The van der Waals surface area contributed by atoms with E-state index in [0.29, 0.717) is 12.6 Å². The SMILES string of the molecule is C#CCOc1ccc(Br)cc1CNC(CCC)COC. The summed E-state index contributed by atoms with van der Waals surface area (Å²) in [5.41, 5.74) is 1.09. The Kier molecular flexibility index (Phi) is 8.36. The van der Waals surface area contributed by atoms with Crippen molar-refractivity contribution < 1.29 is 9.47 Å². The Morgan fingerprint density at radius 3 is 2.90 bits per heavy atom. The summed E-state index contributed by atoms with van der Waals surface area (Å²) < 4.78 is 11.8. The fraction of sp³-hybridized carbons (Fsp3) is 0.500. The smallest absolute Gasteiger partial charge is 0.148 e. The molecule has 0 aliphatic rings. The largest absolute Gasteiger partial charge is 0.481 e. The Balaban J connectivity index is 2.69. The highest BCUT2D eigenvalue weighted by molar-refractivity contribution is 9.10. The predicted octanol–water partition coefficient (Wildman–Crippen LogP) is 3.37. The van der Waals surface area contributed by atoms with Crippen LogP contribution in [0.1, 0.15) is 25.3 Å². The van der Waals surface area contributed by atoms with Crippen LogP contribution in [0.4, 0.5) is 0 Å². The van der Waals surface area contributed by atoms with Gasteiger partial charge in [0.15, 0.2) is 0 Å².